The van der Waals surface area contributed by atoms with Gasteiger partial charge in [-0.25, -0.2) is 0 Å². The van der Waals surface area contributed by atoms with Crippen LogP contribution in [0.2, 0.25) is 5.02 Å². The summed E-state index contributed by atoms with van der Waals surface area (Å²) in [6.45, 7) is 6.33. The molecule has 2 amide bonds. The number of benzene rings is 1. The molecule has 7 nitrogen and oxygen atoms in total. The molecule has 0 spiro atoms. The van der Waals surface area contributed by atoms with Crippen LogP contribution < -0.4 is 5.32 Å². The Kier molecular flexibility index (Phi) is 5.53. The van der Waals surface area contributed by atoms with Crippen molar-refractivity contribution in [1.82, 2.24) is 14.7 Å². The van der Waals surface area contributed by atoms with Gasteiger partial charge in [-0.15, -0.1) is 0 Å². The maximum atomic E-state index is 13.0. The first-order valence-electron chi connectivity index (χ1n) is 8.81. The Morgan fingerprint density at radius 1 is 1.33 bits per heavy atom. The Hall–Kier alpha value is -2.38. The number of rotatable bonds is 4. The van der Waals surface area contributed by atoms with Crippen LogP contribution in [0.3, 0.4) is 0 Å². The summed E-state index contributed by atoms with van der Waals surface area (Å²) in [5, 5.41) is 7.95. The van der Waals surface area contributed by atoms with Crippen LogP contribution in [0, 0.1) is 13.8 Å². The average Bonchev–Trinajstić information content (AvgIpc) is 2.92. The molecule has 0 bridgehead atoms. The summed E-state index contributed by atoms with van der Waals surface area (Å²) in [6.07, 6.45) is -0.836. The topological polar surface area (TPSA) is 76.5 Å². The van der Waals surface area contributed by atoms with Crippen molar-refractivity contribution >= 4 is 29.1 Å². The quantitative estimate of drug-likeness (QED) is 0.870. The maximum absolute atomic E-state index is 13.0. The largest absolute Gasteiger partial charge is 0.356 e. The summed E-state index contributed by atoms with van der Waals surface area (Å²) in [4.78, 5) is 26.7. The number of aromatic nitrogens is 2. The normalized spacial score (nSPS) is 20.0. The third-order valence-corrected chi connectivity index (χ3v) is 5.13. The number of likely N-dealkylation sites (N-methyl/N-ethyl adjacent to an activating group) is 1. The predicted octanol–water partition coefficient (Wildman–Crippen LogP) is 2.71. The van der Waals surface area contributed by atoms with Crippen LogP contribution in [-0.2, 0) is 20.9 Å². The first-order valence-corrected chi connectivity index (χ1v) is 9.18. The Morgan fingerprint density at radius 3 is 2.59 bits per heavy atom. The molecule has 1 N–H and O–H groups in total. The highest BCUT2D eigenvalue weighted by atomic mass is 35.5. The molecule has 2 aromatic rings. The van der Waals surface area contributed by atoms with Crippen LogP contribution in [0.5, 0.6) is 0 Å². The van der Waals surface area contributed by atoms with Gasteiger partial charge in [-0.05, 0) is 38.5 Å². The number of halogens is 1. The third-order valence-electron chi connectivity index (χ3n) is 4.88. The lowest BCUT2D eigenvalue weighted by atomic mass is 9.97. The van der Waals surface area contributed by atoms with E-state index in [-0.39, 0.29) is 18.4 Å². The number of aryl methyl sites for hydroxylation is 2. The molecule has 1 aromatic carbocycles. The fourth-order valence-corrected chi connectivity index (χ4v) is 3.50. The number of hydrogen-bond acceptors (Lipinski definition) is 4. The van der Waals surface area contributed by atoms with E-state index in [1.54, 1.807) is 36.2 Å². The molecule has 1 saturated heterocycles. The monoisotopic (exact) mass is 390 g/mol. The van der Waals surface area contributed by atoms with Crippen molar-refractivity contribution in [3.05, 3.63) is 46.2 Å². The molecule has 8 heteroatoms. The average molecular weight is 391 g/mol. The van der Waals surface area contributed by atoms with Gasteiger partial charge in [-0.3, -0.25) is 14.3 Å². The van der Waals surface area contributed by atoms with Crippen molar-refractivity contribution in [3.63, 3.8) is 0 Å². The molecule has 0 unspecified atom stereocenters. The van der Waals surface area contributed by atoms with Gasteiger partial charge in [0, 0.05) is 18.6 Å². The van der Waals surface area contributed by atoms with Gasteiger partial charge < -0.3 is 15.0 Å². The van der Waals surface area contributed by atoms with Crippen LogP contribution in [0.25, 0.3) is 0 Å². The van der Waals surface area contributed by atoms with E-state index >= 15 is 0 Å². The zero-order valence-electron chi connectivity index (χ0n) is 15.8. The van der Waals surface area contributed by atoms with E-state index in [9.17, 15) is 9.59 Å². The second-order valence-electron chi connectivity index (χ2n) is 6.58. The molecule has 0 aliphatic carbocycles. The van der Waals surface area contributed by atoms with Gasteiger partial charge >= 0.3 is 0 Å². The van der Waals surface area contributed by atoms with Crippen molar-refractivity contribution < 1.29 is 14.3 Å². The van der Waals surface area contributed by atoms with E-state index in [1.807, 2.05) is 25.5 Å². The number of carbonyl (C=O) groups excluding carboxylic acids is 2. The van der Waals surface area contributed by atoms with Gasteiger partial charge in [-0.2, -0.15) is 5.10 Å². The molecular weight excluding hydrogens is 368 g/mol. The second kappa shape index (κ2) is 7.70. The fraction of sp³-hybridized carbons (Fsp3) is 0.421. The first kappa shape index (κ1) is 19.4. The number of morpholine rings is 1. The van der Waals surface area contributed by atoms with Crippen molar-refractivity contribution in [2.24, 2.45) is 0 Å². The molecular formula is C19H23ClN4O3. The minimum Gasteiger partial charge on any atom is -0.356 e. The lowest BCUT2D eigenvalue weighted by molar-refractivity contribution is -0.160. The van der Waals surface area contributed by atoms with Crippen LogP contribution in [0.4, 0.5) is 5.69 Å². The van der Waals surface area contributed by atoms with Crippen molar-refractivity contribution in [3.8, 4) is 0 Å². The van der Waals surface area contributed by atoms with Crippen LogP contribution in [-0.4, -0.2) is 46.3 Å². The number of ether oxygens (including phenoxy) is 1. The Balaban J connectivity index is 1.90. The van der Waals surface area contributed by atoms with E-state index in [1.165, 1.54) is 0 Å². The molecule has 144 valence electrons. The lowest BCUT2D eigenvalue weighted by Gasteiger charge is -2.38. The Morgan fingerprint density at radius 2 is 2.00 bits per heavy atom. The van der Waals surface area contributed by atoms with Gasteiger partial charge in [0.1, 0.15) is 6.61 Å². The van der Waals surface area contributed by atoms with E-state index in [4.69, 9.17) is 16.3 Å². The Bertz CT molecular complexity index is 863. The second-order valence-corrected chi connectivity index (χ2v) is 7.02. The van der Waals surface area contributed by atoms with Gasteiger partial charge in [0.05, 0.1) is 23.1 Å². The summed E-state index contributed by atoms with van der Waals surface area (Å²) in [6, 6.07) is 6.54. The smallest absolute Gasteiger partial charge is 0.256 e. The summed E-state index contributed by atoms with van der Waals surface area (Å²) in [7, 11) is 1.68. The third kappa shape index (κ3) is 3.70. The van der Waals surface area contributed by atoms with Gasteiger partial charge in [0.15, 0.2) is 6.10 Å². The summed E-state index contributed by atoms with van der Waals surface area (Å²) < 4.78 is 7.47. The lowest BCUT2D eigenvalue weighted by Crippen LogP contribution is -2.51. The molecule has 1 aromatic heterocycles. The molecule has 0 saturated carbocycles. The minimum absolute atomic E-state index is 0.134. The SMILES string of the molecule is CCn1nc(C)c(NC(=O)[C@@H]2OCC(=O)N(C)[C@H]2c2ccc(Cl)cc2)c1C. The summed E-state index contributed by atoms with van der Waals surface area (Å²) >= 11 is 5.97. The molecule has 27 heavy (non-hydrogen) atoms. The van der Waals surface area contributed by atoms with Crippen LogP contribution in [0.1, 0.15) is 29.9 Å². The Labute approximate surface area is 163 Å². The molecule has 1 fully saturated rings. The zero-order chi connectivity index (χ0) is 19.7. The molecule has 3 rings (SSSR count). The number of anilines is 1. The van der Waals surface area contributed by atoms with E-state index < -0.39 is 12.1 Å². The highest BCUT2D eigenvalue weighted by molar-refractivity contribution is 6.30. The number of carbonyl (C=O) groups is 2. The number of nitrogens with one attached hydrogen (secondary N) is 1. The number of hydrogen-bond donors (Lipinski definition) is 1. The molecule has 0 radical (unpaired) electrons. The van der Waals surface area contributed by atoms with Gasteiger partial charge in [0.2, 0.25) is 5.91 Å². The van der Waals surface area contributed by atoms with Crippen molar-refractivity contribution in [2.75, 3.05) is 19.0 Å². The summed E-state index contributed by atoms with van der Waals surface area (Å²) in [5.41, 5.74) is 3.09. The number of amides is 2. The highest BCUT2D eigenvalue weighted by Gasteiger charge is 2.40. The minimum atomic E-state index is -0.836. The summed E-state index contributed by atoms with van der Waals surface area (Å²) in [5.74, 6) is -0.485. The fourth-order valence-electron chi connectivity index (χ4n) is 3.37. The maximum Gasteiger partial charge on any atom is 0.256 e. The molecule has 1 aliphatic heterocycles. The van der Waals surface area contributed by atoms with Crippen LogP contribution in [0.15, 0.2) is 24.3 Å². The first-order chi connectivity index (χ1) is 12.8. The van der Waals surface area contributed by atoms with Crippen molar-refractivity contribution in [2.45, 2.75) is 39.5 Å². The molecule has 2 atom stereocenters. The van der Waals surface area contributed by atoms with E-state index in [2.05, 4.69) is 10.4 Å². The zero-order valence-corrected chi connectivity index (χ0v) is 16.6. The standard InChI is InChI=1S/C19H23ClN4O3/c1-5-24-12(3)16(11(2)22-24)21-19(26)18-17(23(4)15(25)10-27-18)13-6-8-14(20)9-7-13/h6-9,17-18H,5,10H2,1-4H3,(H,21,26)/t17-,18+/m0/s1. The number of nitrogens with zero attached hydrogens (tertiary/aromatic N) is 3. The van der Waals surface area contributed by atoms with Crippen molar-refractivity contribution in [1.29, 1.82) is 0 Å². The van der Waals surface area contributed by atoms with Crippen LogP contribution >= 0.6 is 11.6 Å². The molecule has 1 aliphatic rings. The predicted molar refractivity (Wildman–Crippen MR) is 103 cm³/mol. The van der Waals surface area contributed by atoms with E-state index in [0.29, 0.717) is 17.3 Å². The van der Waals surface area contributed by atoms with E-state index in [0.717, 1.165) is 17.0 Å². The van der Waals surface area contributed by atoms with Gasteiger partial charge in [0.25, 0.3) is 5.91 Å². The molecule has 2 heterocycles. The van der Waals surface area contributed by atoms with Gasteiger partial charge in [-0.1, -0.05) is 23.7 Å². The highest BCUT2D eigenvalue weighted by Crippen LogP contribution is 2.31.